The summed E-state index contributed by atoms with van der Waals surface area (Å²) in [6.45, 7) is 4.75. The van der Waals surface area contributed by atoms with Crippen LogP contribution in [0, 0.1) is 23.2 Å². The summed E-state index contributed by atoms with van der Waals surface area (Å²) < 4.78 is 0. The summed E-state index contributed by atoms with van der Waals surface area (Å²) >= 11 is 0. The smallest absolute Gasteiger partial charge is 0.219 e. The van der Waals surface area contributed by atoms with Crippen molar-refractivity contribution in [1.82, 2.24) is 9.80 Å². The Kier molecular flexibility index (Phi) is 5.28. The van der Waals surface area contributed by atoms with Crippen molar-refractivity contribution >= 4 is 5.91 Å². The molecule has 0 aromatic heterocycles. The normalized spacial score (nSPS) is 40.0. The van der Waals surface area contributed by atoms with E-state index in [1.54, 1.807) is 13.0 Å². The molecule has 6 fully saturated rings. The molecular formula is C28H40N2O2. The molecule has 6 aliphatic rings. The van der Waals surface area contributed by atoms with Crippen LogP contribution < -0.4 is 0 Å². The summed E-state index contributed by atoms with van der Waals surface area (Å²) in [7, 11) is 0. The number of benzene rings is 1. The molecule has 32 heavy (non-hydrogen) atoms. The predicted molar refractivity (Wildman–Crippen MR) is 126 cm³/mol. The summed E-state index contributed by atoms with van der Waals surface area (Å²) in [6.07, 6.45) is 13.5. The van der Waals surface area contributed by atoms with E-state index in [1.165, 1.54) is 69.8 Å². The summed E-state index contributed by atoms with van der Waals surface area (Å²) in [5.41, 5.74) is 1.73. The van der Waals surface area contributed by atoms with Gasteiger partial charge in [0.1, 0.15) is 5.75 Å². The minimum atomic E-state index is 0.280. The molecule has 4 saturated carbocycles. The SMILES string of the molecule is CC(=O)N(CCN1[C@@H]2CC[C@H]1CC(c1cccc(O)c1)C2)CC12CC3CC(CC(C3)C1)C2. The third-order valence-corrected chi connectivity index (χ3v) is 9.99. The van der Waals surface area contributed by atoms with Crippen LogP contribution in [0.3, 0.4) is 0 Å². The van der Waals surface area contributed by atoms with Crippen molar-refractivity contribution in [2.75, 3.05) is 19.6 Å². The van der Waals surface area contributed by atoms with Gasteiger partial charge < -0.3 is 10.0 Å². The van der Waals surface area contributed by atoms with Gasteiger partial charge in [-0.25, -0.2) is 0 Å². The molecule has 1 aromatic carbocycles. The molecule has 2 aliphatic heterocycles. The van der Waals surface area contributed by atoms with Crippen LogP contribution in [0.2, 0.25) is 0 Å². The molecule has 2 heterocycles. The molecule has 4 aliphatic carbocycles. The maximum absolute atomic E-state index is 12.7. The van der Waals surface area contributed by atoms with E-state index in [9.17, 15) is 9.90 Å². The van der Waals surface area contributed by atoms with Gasteiger partial charge in [-0.2, -0.15) is 0 Å². The lowest BCUT2D eigenvalue weighted by molar-refractivity contribution is -0.135. The number of nitrogens with zero attached hydrogens (tertiary/aromatic N) is 2. The molecular weight excluding hydrogens is 396 g/mol. The number of phenols is 1. The lowest BCUT2D eigenvalue weighted by Crippen LogP contribution is -2.53. The van der Waals surface area contributed by atoms with Gasteiger partial charge in [-0.15, -0.1) is 0 Å². The van der Waals surface area contributed by atoms with Gasteiger partial charge in [-0.05, 0) is 111 Å². The summed E-state index contributed by atoms with van der Waals surface area (Å²) in [4.78, 5) is 17.6. The molecule has 174 valence electrons. The number of fused-ring (bicyclic) bond motifs is 2. The van der Waals surface area contributed by atoms with Crippen LogP contribution in [-0.2, 0) is 4.79 Å². The number of hydrogen-bond donors (Lipinski definition) is 1. The number of phenolic OH excluding ortho intramolecular Hbond substituents is 1. The van der Waals surface area contributed by atoms with Gasteiger partial charge in [-0.3, -0.25) is 9.69 Å². The highest BCUT2D eigenvalue weighted by molar-refractivity contribution is 5.73. The van der Waals surface area contributed by atoms with Crippen LogP contribution in [0.4, 0.5) is 0 Å². The Balaban J connectivity index is 1.09. The highest BCUT2D eigenvalue weighted by atomic mass is 16.3. The third kappa shape index (κ3) is 3.87. The zero-order valence-corrected chi connectivity index (χ0v) is 19.7. The Hall–Kier alpha value is -1.55. The average molecular weight is 437 g/mol. The Labute approximate surface area is 193 Å². The Bertz CT molecular complexity index is 817. The zero-order valence-electron chi connectivity index (χ0n) is 19.7. The molecule has 0 spiro atoms. The predicted octanol–water partition coefficient (Wildman–Crippen LogP) is 5.17. The molecule has 1 amide bonds. The fourth-order valence-electron chi connectivity index (χ4n) is 9.16. The van der Waals surface area contributed by atoms with Crippen LogP contribution in [0.15, 0.2) is 24.3 Å². The van der Waals surface area contributed by atoms with Crippen molar-refractivity contribution in [3.05, 3.63) is 29.8 Å². The van der Waals surface area contributed by atoms with E-state index in [-0.39, 0.29) is 5.91 Å². The van der Waals surface area contributed by atoms with Crippen LogP contribution in [-0.4, -0.2) is 52.5 Å². The summed E-state index contributed by atoms with van der Waals surface area (Å²) in [6, 6.07) is 9.16. The molecule has 3 atom stereocenters. The molecule has 4 heteroatoms. The number of carbonyl (C=O) groups is 1. The highest BCUT2D eigenvalue weighted by Gasteiger charge is 2.51. The second kappa shape index (κ2) is 8.04. The maximum atomic E-state index is 12.7. The minimum Gasteiger partial charge on any atom is -0.508 e. The maximum Gasteiger partial charge on any atom is 0.219 e. The van der Waals surface area contributed by atoms with Gasteiger partial charge in [0.15, 0.2) is 0 Å². The number of piperidine rings is 1. The van der Waals surface area contributed by atoms with Crippen LogP contribution >= 0.6 is 0 Å². The van der Waals surface area contributed by atoms with E-state index < -0.39 is 0 Å². The standard InChI is InChI=1S/C28H40N2O2/c1-19(31)29(18-28-15-20-9-21(16-28)11-22(10-20)17-28)7-8-30-25-5-6-26(30)13-24(12-25)23-3-2-4-27(32)14-23/h2-4,14,20-22,24-26,32H,5-13,15-18H2,1H3/t20?,21?,22?,24?,25-,26+,28?. The molecule has 1 unspecified atom stereocenters. The van der Waals surface area contributed by atoms with Crippen molar-refractivity contribution in [2.24, 2.45) is 23.2 Å². The number of amides is 1. The van der Waals surface area contributed by atoms with Gasteiger partial charge in [-0.1, -0.05) is 12.1 Å². The molecule has 1 N–H and O–H groups in total. The second-order valence-corrected chi connectivity index (χ2v) is 12.2. The first kappa shape index (κ1) is 21.0. The van der Waals surface area contributed by atoms with E-state index in [1.807, 2.05) is 12.1 Å². The first-order valence-electron chi connectivity index (χ1n) is 13.3. The van der Waals surface area contributed by atoms with Gasteiger partial charge in [0.25, 0.3) is 0 Å². The Morgan fingerprint density at radius 2 is 1.66 bits per heavy atom. The van der Waals surface area contributed by atoms with Crippen molar-refractivity contribution in [3.63, 3.8) is 0 Å². The third-order valence-electron chi connectivity index (χ3n) is 9.99. The zero-order chi connectivity index (χ0) is 21.9. The first-order chi connectivity index (χ1) is 15.5. The first-order valence-corrected chi connectivity index (χ1v) is 13.3. The molecule has 0 radical (unpaired) electrons. The van der Waals surface area contributed by atoms with Crippen LogP contribution in [0.25, 0.3) is 0 Å². The quantitative estimate of drug-likeness (QED) is 0.669. The van der Waals surface area contributed by atoms with Gasteiger partial charge in [0.2, 0.25) is 5.91 Å². The van der Waals surface area contributed by atoms with Crippen molar-refractivity contribution in [3.8, 4) is 5.75 Å². The van der Waals surface area contributed by atoms with Crippen molar-refractivity contribution in [2.45, 2.75) is 89.1 Å². The minimum absolute atomic E-state index is 0.280. The topological polar surface area (TPSA) is 43.8 Å². The lowest BCUT2D eigenvalue weighted by Gasteiger charge is -2.58. The van der Waals surface area contributed by atoms with Crippen molar-refractivity contribution < 1.29 is 9.90 Å². The molecule has 1 aromatic rings. The van der Waals surface area contributed by atoms with Gasteiger partial charge in [0.05, 0.1) is 0 Å². The Morgan fingerprint density at radius 1 is 1.03 bits per heavy atom. The lowest BCUT2D eigenvalue weighted by atomic mass is 9.49. The van der Waals surface area contributed by atoms with Gasteiger partial charge >= 0.3 is 0 Å². The summed E-state index contributed by atoms with van der Waals surface area (Å²) in [5, 5.41) is 9.91. The van der Waals surface area contributed by atoms with E-state index in [2.05, 4.69) is 15.9 Å². The Morgan fingerprint density at radius 3 is 2.22 bits per heavy atom. The average Bonchev–Trinajstić information content (AvgIpc) is 2.97. The molecule has 6 bridgehead atoms. The van der Waals surface area contributed by atoms with E-state index in [0.29, 0.717) is 29.2 Å². The van der Waals surface area contributed by atoms with Crippen LogP contribution in [0.1, 0.15) is 82.6 Å². The molecule has 7 rings (SSSR count). The fourth-order valence-corrected chi connectivity index (χ4v) is 9.16. The monoisotopic (exact) mass is 436 g/mol. The van der Waals surface area contributed by atoms with Gasteiger partial charge in [0, 0.05) is 38.6 Å². The number of carbonyl (C=O) groups excluding carboxylic acids is 1. The van der Waals surface area contributed by atoms with E-state index in [0.717, 1.165) is 37.4 Å². The molecule has 2 saturated heterocycles. The number of rotatable bonds is 6. The number of hydrogen-bond acceptors (Lipinski definition) is 3. The van der Waals surface area contributed by atoms with Crippen molar-refractivity contribution in [1.29, 1.82) is 0 Å². The van der Waals surface area contributed by atoms with E-state index in [4.69, 9.17) is 0 Å². The summed E-state index contributed by atoms with van der Waals surface area (Å²) in [5.74, 6) is 4.07. The fraction of sp³-hybridized carbons (Fsp3) is 0.750. The number of aromatic hydroxyl groups is 1. The van der Waals surface area contributed by atoms with Crippen LogP contribution in [0.5, 0.6) is 5.75 Å². The molecule has 4 nitrogen and oxygen atoms in total. The highest BCUT2D eigenvalue weighted by Crippen LogP contribution is 2.60. The van der Waals surface area contributed by atoms with E-state index >= 15 is 0 Å². The second-order valence-electron chi connectivity index (χ2n) is 12.2. The largest absolute Gasteiger partial charge is 0.508 e.